The van der Waals surface area contributed by atoms with E-state index in [-0.39, 0.29) is 0 Å². The average molecular weight is 240 g/mol. The minimum atomic E-state index is 0.343. The van der Waals surface area contributed by atoms with Gasteiger partial charge in [-0.3, -0.25) is 4.79 Å². The molecule has 0 saturated carbocycles. The molecule has 0 aromatic carbocycles. The Morgan fingerprint density at radius 2 is 1.29 bits per heavy atom. The van der Waals surface area contributed by atoms with Gasteiger partial charge < -0.3 is 4.90 Å². The number of hydrogen-bond acceptors (Lipinski definition) is 1. The number of carbonyl (C=O) groups excluding carboxylic acids is 1. The fourth-order valence-electron chi connectivity index (χ4n) is 2.27. The Kier molecular flexibility index (Phi) is 10.3. The molecule has 0 fully saturated rings. The molecule has 17 heavy (non-hydrogen) atoms. The summed E-state index contributed by atoms with van der Waals surface area (Å²) in [5.74, 6) is 0. The zero-order valence-corrected chi connectivity index (χ0v) is 12.2. The predicted molar refractivity (Wildman–Crippen MR) is 74.7 cm³/mol. The number of hydrogen-bond donors (Lipinski definition) is 0. The SMILES string of the molecule is CCCCCC(C)N([C]=O)C(C)CCCCC. The molecule has 2 heteroatoms. The van der Waals surface area contributed by atoms with Gasteiger partial charge in [0, 0.05) is 12.1 Å². The van der Waals surface area contributed by atoms with Gasteiger partial charge in [-0.2, -0.15) is 0 Å². The van der Waals surface area contributed by atoms with Crippen LogP contribution >= 0.6 is 0 Å². The van der Waals surface area contributed by atoms with Crippen LogP contribution in [0.2, 0.25) is 0 Å². The van der Waals surface area contributed by atoms with Gasteiger partial charge in [-0.25, -0.2) is 0 Å². The Bertz CT molecular complexity index is 166. The first-order valence-electron chi connectivity index (χ1n) is 7.33. The second-order valence-corrected chi connectivity index (χ2v) is 5.19. The second-order valence-electron chi connectivity index (χ2n) is 5.19. The first kappa shape index (κ1) is 16.5. The van der Waals surface area contributed by atoms with Crippen molar-refractivity contribution in [1.29, 1.82) is 0 Å². The Hall–Kier alpha value is -0.530. The maximum Gasteiger partial charge on any atom is 0.312 e. The second kappa shape index (κ2) is 10.6. The first-order chi connectivity index (χ1) is 8.17. The van der Waals surface area contributed by atoms with E-state index in [2.05, 4.69) is 34.1 Å². The summed E-state index contributed by atoms with van der Waals surface area (Å²) in [4.78, 5) is 12.9. The van der Waals surface area contributed by atoms with E-state index in [4.69, 9.17) is 0 Å². The van der Waals surface area contributed by atoms with Crippen molar-refractivity contribution in [2.75, 3.05) is 0 Å². The van der Waals surface area contributed by atoms with Crippen LogP contribution in [-0.4, -0.2) is 23.4 Å². The van der Waals surface area contributed by atoms with Crippen LogP contribution in [0, 0.1) is 0 Å². The summed E-state index contributed by atoms with van der Waals surface area (Å²) in [6.45, 7) is 8.72. The van der Waals surface area contributed by atoms with E-state index in [0.29, 0.717) is 12.1 Å². The van der Waals surface area contributed by atoms with E-state index in [0.717, 1.165) is 12.8 Å². The van der Waals surface area contributed by atoms with Crippen molar-refractivity contribution in [3.8, 4) is 0 Å². The van der Waals surface area contributed by atoms with Crippen molar-refractivity contribution in [3.63, 3.8) is 0 Å². The number of nitrogens with zero attached hydrogens (tertiary/aromatic N) is 1. The zero-order chi connectivity index (χ0) is 13.1. The molecule has 1 amide bonds. The Morgan fingerprint density at radius 1 is 0.882 bits per heavy atom. The van der Waals surface area contributed by atoms with E-state index in [1.807, 2.05) is 4.90 Å². The zero-order valence-electron chi connectivity index (χ0n) is 12.2. The lowest BCUT2D eigenvalue weighted by molar-refractivity contribution is 0.222. The van der Waals surface area contributed by atoms with Gasteiger partial charge in [0.1, 0.15) is 0 Å². The third kappa shape index (κ3) is 7.40. The van der Waals surface area contributed by atoms with Crippen LogP contribution in [0.1, 0.15) is 79.1 Å². The highest BCUT2D eigenvalue weighted by molar-refractivity contribution is 5.49. The van der Waals surface area contributed by atoms with E-state index in [1.54, 1.807) is 0 Å². The molecule has 0 aliphatic heterocycles. The first-order valence-corrected chi connectivity index (χ1v) is 7.33. The monoisotopic (exact) mass is 240 g/mol. The lowest BCUT2D eigenvalue weighted by Gasteiger charge is -2.30. The molecule has 1 radical (unpaired) electrons. The molecular formula is C15H30NO. The third-order valence-corrected chi connectivity index (χ3v) is 3.51. The molecule has 0 rings (SSSR count). The van der Waals surface area contributed by atoms with Crippen LogP contribution < -0.4 is 0 Å². The fourth-order valence-corrected chi connectivity index (χ4v) is 2.27. The molecule has 0 heterocycles. The summed E-state index contributed by atoms with van der Waals surface area (Å²) in [5.41, 5.74) is 0. The van der Waals surface area contributed by atoms with Gasteiger partial charge in [-0.15, -0.1) is 0 Å². The largest absolute Gasteiger partial charge is 0.329 e. The fraction of sp³-hybridized carbons (Fsp3) is 0.933. The summed E-state index contributed by atoms with van der Waals surface area (Å²) < 4.78 is 0. The summed E-state index contributed by atoms with van der Waals surface area (Å²) in [7, 11) is 0. The van der Waals surface area contributed by atoms with Crippen LogP contribution in [0.25, 0.3) is 0 Å². The number of amides is 1. The molecule has 101 valence electrons. The quantitative estimate of drug-likeness (QED) is 0.389. The Balaban J connectivity index is 3.96. The van der Waals surface area contributed by atoms with Crippen LogP contribution in [0.4, 0.5) is 0 Å². The molecule has 0 aromatic heterocycles. The van der Waals surface area contributed by atoms with E-state index < -0.39 is 0 Å². The van der Waals surface area contributed by atoms with Crippen molar-refractivity contribution in [2.24, 2.45) is 0 Å². The van der Waals surface area contributed by atoms with E-state index in [1.165, 1.54) is 38.5 Å². The minimum Gasteiger partial charge on any atom is -0.329 e. The molecule has 0 aliphatic rings. The standard InChI is InChI=1S/C15H30NO/c1-5-7-9-11-14(3)16(13-17)15(4)12-10-8-6-2/h14-15H,5-12H2,1-4H3. The lowest BCUT2D eigenvalue weighted by atomic mass is 10.0. The molecule has 0 N–H and O–H groups in total. The van der Waals surface area contributed by atoms with Crippen LogP contribution in [0.3, 0.4) is 0 Å². The maximum absolute atomic E-state index is 11.1. The number of unbranched alkanes of at least 4 members (excludes halogenated alkanes) is 4. The highest BCUT2D eigenvalue weighted by Gasteiger charge is 2.18. The summed E-state index contributed by atoms with van der Waals surface area (Å²) in [6, 6.07) is 0.686. The summed E-state index contributed by atoms with van der Waals surface area (Å²) in [5, 5.41) is 0. The van der Waals surface area contributed by atoms with Gasteiger partial charge in [0.2, 0.25) is 0 Å². The topological polar surface area (TPSA) is 20.3 Å². The summed E-state index contributed by atoms with van der Waals surface area (Å²) >= 11 is 0. The molecule has 2 nitrogen and oxygen atoms in total. The Morgan fingerprint density at radius 3 is 1.59 bits per heavy atom. The lowest BCUT2D eigenvalue weighted by Crippen LogP contribution is -2.39. The van der Waals surface area contributed by atoms with Crippen molar-refractivity contribution in [3.05, 3.63) is 0 Å². The van der Waals surface area contributed by atoms with Gasteiger partial charge in [-0.05, 0) is 26.7 Å². The third-order valence-electron chi connectivity index (χ3n) is 3.51. The highest BCUT2D eigenvalue weighted by atomic mass is 16.1. The van der Waals surface area contributed by atoms with Gasteiger partial charge in [0.05, 0.1) is 0 Å². The van der Waals surface area contributed by atoms with Gasteiger partial charge in [0.15, 0.2) is 0 Å². The van der Waals surface area contributed by atoms with E-state index in [9.17, 15) is 4.79 Å². The van der Waals surface area contributed by atoms with Crippen molar-refractivity contribution in [2.45, 2.75) is 91.1 Å². The van der Waals surface area contributed by atoms with Crippen molar-refractivity contribution < 1.29 is 4.79 Å². The van der Waals surface area contributed by atoms with Crippen LogP contribution in [0.5, 0.6) is 0 Å². The number of rotatable bonds is 11. The van der Waals surface area contributed by atoms with Gasteiger partial charge in [0.25, 0.3) is 0 Å². The molecule has 2 unspecified atom stereocenters. The average Bonchev–Trinajstić information content (AvgIpc) is 2.30. The molecule has 0 saturated heterocycles. The molecule has 0 aromatic rings. The predicted octanol–water partition coefficient (Wildman–Crippen LogP) is 4.29. The van der Waals surface area contributed by atoms with Crippen LogP contribution in [0.15, 0.2) is 0 Å². The van der Waals surface area contributed by atoms with Crippen LogP contribution in [-0.2, 0) is 4.79 Å². The van der Waals surface area contributed by atoms with Gasteiger partial charge in [-0.1, -0.05) is 52.4 Å². The van der Waals surface area contributed by atoms with Crippen molar-refractivity contribution >= 4 is 6.41 Å². The molecule has 0 bridgehead atoms. The van der Waals surface area contributed by atoms with Crippen molar-refractivity contribution in [1.82, 2.24) is 4.90 Å². The van der Waals surface area contributed by atoms with Gasteiger partial charge >= 0.3 is 6.41 Å². The minimum absolute atomic E-state index is 0.343. The maximum atomic E-state index is 11.1. The molecule has 0 spiro atoms. The highest BCUT2D eigenvalue weighted by Crippen LogP contribution is 2.15. The normalized spacial score (nSPS) is 14.4. The smallest absolute Gasteiger partial charge is 0.312 e. The summed E-state index contributed by atoms with van der Waals surface area (Å²) in [6.07, 6.45) is 11.8. The molecule has 0 aliphatic carbocycles. The molecule has 2 atom stereocenters. The molecular weight excluding hydrogens is 210 g/mol. The Labute approximate surface area is 108 Å². The van der Waals surface area contributed by atoms with E-state index >= 15 is 0 Å².